The van der Waals surface area contributed by atoms with Crippen LogP contribution in [-0.2, 0) is 9.22 Å². The van der Waals surface area contributed by atoms with Crippen molar-refractivity contribution in [3.05, 3.63) is 53.1 Å². The first kappa shape index (κ1) is 26.1. The first-order valence-electron chi connectivity index (χ1n) is 11.3. The molecule has 0 saturated heterocycles. The molecule has 2 aromatic carbocycles. The van der Waals surface area contributed by atoms with Gasteiger partial charge in [-0.15, -0.1) is 0 Å². The van der Waals surface area contributed by atoms with Gasteiger partial charge in [0.15, 0.2) is 25.6 Å². The van der Waals surface area contributed by atoms with Crippen LogP contribution in [0.5, 0.6) is 17.2 Å². The lowest BCUT2D eigenvalue weighted by atomic mass is 9.95. The lowest BCUT2D eigenvalue weighted by molar-refractivity contribution is -0.119. The highest BCUT2D eigenvalue weighted by atomic mass is 32.1. The highest BCUT2D eigenvalue weighted by Gasteiger charge is 2.44. The lowest BCUT2D eigenvalue weighted by Crippen LogP contribution is -2.45. The molecule has 0 spiro atoms. The Morgan fingerprint density at radius 1 is 0.941 bits per heavy atom. The summed E-state index contributed by atoms with van der Waals surface area (Å²) in [5.41, 5.74) is 4.21. The van der Waals surface area contributed by atoms with Crippen LogP contribution < -0.4 is 14.2 Å². The number of rotatable bonds is 8. The summed E-state index contributed by atoms with van der Waals surface area (Å²) >= 11 is 5.06. The van der Waals surface area contributed by atoms with Crippen molar-refractivity contribution >= 4 is 42.8 Å². The van der Waals surface area contributed by atoms with Crippen molar-refractivity contribution in [3.8, 4) is 17.2 Å². The van der Waals surface area contributed by atoms with Crippen LogP contribution in [0.1, 0.15) is 43.9 Å². The Kier molecular flexibility index (Phi) is 7.70. The van der Waals surface area contributed by atoms with E-state index < -0.39 is 14.4 Å². The molecule has 0 aliphatic heterocycles. The number of Topliss-reactive ketones (excluding diaryl/α,β-unsaturated/α-hetero) is 1. The van der Waals surface area contributed by atoms with E-state index in [4.69, 9.17) is 30.9 Å². The molecule has 1 atom stereocenters. The first-order valence-corrected chi connectivity index (χ1v) is 14.7. The number of hydrogen-bond acceptors (Lipinski definition) is 6. The predicted molar refractivity (Wildman–Crippen MR) is 144 cm³/mol. The van der Waals surface area contributed by atoms with Gasteiger partial charge in [0.25, 0.3) is 0 Å². The van der Waals surface area contributed by atoms with E-state index in [0.29, 0.717) is 29.2 Å². The summed E-state index contributed by atoms with van der Waals surface area (Å²) in [5, 5.41) is 1.63. The van der Waals surface area contributed by atoms with Gasteiger partial charge in [-0.3, -0.25) is 4.79 Å². The maximum atomic E-state index is 13.9. The molecule has 2 aromatic rings. The van der Waals surface area contributed by atoms with Crippen LogP contribution in [-0.4, -0.2) is 46.9 Å². The maximum Gasteiger partial charge on any atom is 0.203 e. The number of carbonyl (C=O) groups is 1. The van der Waals surface area contributed by atoms with Crippen LogP contribution in [0.25, 0.3) is 11.1 Å². The van der Waals surface area contributed by atoms with E-state index in [1.807, 2.05) is 36.4 Å². The number of methoxy groups -OCH3 is 3. The van der Waals surface area contributed by atoms with Gasteiger partial charge in [0, 0.05) is 17.4 Å². The Balaban J connectivity index is 2.17. The number of hydrogen-bond donors (Lipinski definition) is 0. The smallest absolute Gasteiger partial charge is 0.203 e. The van der Waals surface area contributed by atoms with Crippen LogP contribution in [0.3, 0.4) is 0 Å². The zero-order chi connectivity index (χ0) is 25.3. The molecule has 0 amide bonds. The predicted octanol–water partition coefficient (Wildman–Crippen LogP) is 6.33. The number of ketones is 1. The Bertz CT molecular complexity index is 1090. The first-order chi connectivity index (χ1) is 16.0. The molecular formula is C27H34O5SSi. The van der Waals surface area contributed by atoms with Crippen molar-refractivity contribution in [1.29, 1.82) is 0 Å². The van der Waals surface area contributed by atoms with Gasteiger partial charge < -0.3 is 18.6 Å². The summed E-state index contributed by atoms with van der Waals surface area (Å²) in [6, 6.07) is 11.6. The Morgan fingerprint density at radius 3 is 1.94 bits per heavy atom. The van der Waals surface area contributed by atoms with Gasteiger partial charge in [0.05, 0.1) is 21.3 Å². The SMILES string of the molecule is COc1cc(C2=C(c3ccc(C=S)cc3)CC(O[Si](C)(C)C(C)(C)C)C2=O)cc(OC)c1OC. The van der Waals surface area contributed by atoms with Crippen LogP contribution in [0, 0.1) is 0 Å². The standard InChI is InChI=1S/C27H34O5SSi/c1-27(2,3)34(7,8)32-21-15-20(18-11-9-17(16-33)10-12-18)24(25(21)28)19-13-22(29-4)26(31-6)23(14-19)30-5/h9-14,16,21H,15H2,1-8H3. The van der Waals surface area contributed by atoms with Crippen molar-refractivity contribution in [2.45, 2.75) is 51.4 Å². The molecule has 5 nitrogen and oxygen atoms in total. The molecule has 182 valence electrons. The van der Waals surface area contributed by atoms with Gasteiger partial charge in [-0.25, -0.2) is 0 Å². The van der Waals surface area contributed by atoms with Crippen molar-refractivity contribution in [1.82, 2.24) is 0 Å². The fraction of sp³-hybridized carbons (Fsp3) is 0.407. The Hall–Kier alpha value is -2.48. The van der Waals surface area contributed by atoms with E-state index in [-0.39, 0.29) is 10.8 Å². The monoisotopic (exact) mass is 498 g/mol. The van der Waals surface area contributed by atoms with Gasteiger partial charge >= 0.3 is 0 Å². The molecule has 0 fully saturated rings. The second-order valence-corrected chi connectivity index (χ2v) is 14.9. The fourth-order valence-corrected chi connectivity index (χ4v) is 5.30. The zero-order valence-electron chi connectivity index (χ0n) is 21.3. The zero-order valence-corrected chi connectivity index (χ0v) is 23.1. The normalized spacial score (nSPS) is 16.6. The molecule has 0 aromatic heterocycles. The third-order valence-electron chi connectivity index (χ3n) is 6.82. The third-order valence-corrected chi connectivity index (χ3v) is 11.6. The summed E-state index contributed by atoms with van der Waals surface area (Å²) in [6.45, 7) is 10.9. The second-order valence-electron chi connectivity index (χ2n) is 9.94. The van der Waals surface area contributed by atoms with Gasteiger partial charge in [-0.2, -0.15) is 0 Å². The largest absolute Gasteiger partial charge is 0.493 e. The number of thiocarbonyl (C=S) groups is 1. The molecule has 7 heteroatoms. The average Bonchev–Trinajstić information content (AvgIpc) is 3.12. The van der Waals surface area contributed by atoms with Crippen LogP contribution >= 0.6 is 12.2 Å². The van der Waals surface area contributed by atoms with E-state index in [1.165, 1.54) is 0 Å². The summed E-state index contributed by atoms with van der Waals surface area (Å²) in [5.74, 6) is 1.47. The number of benzene rings is 2. The highest BCUT2D eigenvalue weighted by Crippen LogP contribution is 2.47. The summed E-state index contributed by atoms with van der Waals surface area (Å²) in [4.78, 5) is 13.9. The Labute approximate surface area is 209 Å². The van der Waals surface area contributed by atoms with Crippen molar-refractivity contribution in [2.75, 3.05) is 21.3 Å². The van der Waals surface area contributed by atoms with E-state index in [9.17, 15) is 4.79 Å². The molecule has 3 rings (SSSR count). The fourth-order valence-electron chi connectivity index (χ4n) is 3.88. The van der Waals surface area contributed by atoms with E-state index in [2.05, 4.69) is 33.9 Å². The van der Waals surface area contributed by atoms with Gasteiger partial charge in [0.2, 0.25) is 5.75 Å². The van der Waals surface area contributed by atoms with Crippen LogP contribution in [0.4, 0.5) is 0 Å². The molecule has 1 aliphatic rings. The minimum absolute atomic E-state index is 0.0102. The molecular weight excluding hydrogens is 464 g/mol. The summed E-state index contributed by atoms with van der Waals surface area (Å²) in [7, 11) is 2.53. The molecule has 0 heterocycles. The van der Waals surface area contributed by atoms with Gasteiger partial charge in [-0.05, 0) is 52.5 Å². The van der Waals surface area contributed by atoms with E-state index in [0.717, 1.165) is 22.3 Å². The molecule has 34 heavy (non-hydrogen) atoms. The van der Waals surface area contributed by atoms with Crippen molar-refractivity contribution in [3.63, 3.8) is 0 Å². The highest BCUT2D eigenvalue weighted by molar-refractivity contribution is 7.79. The van der Waals surface area contributed by atoms with Crippen molar-refractivity contribution in [2.24, 2.45) is 0 Å². The topological polar surface area (TPSA) is 54.0 Å². The molecule has 0 N–H and O–H groups in total. The third kappa shape index (κ3) is 4.97. The van der Waals surface area contributed by atoms with Crippen molar-refractivity contribution < 1.29 is 23.4 Å². The molecule has 1 aliphatic carbocycles. The van der Waals surface area contributed by atoms with E-state index in [1.54, 1.807) is 26.7 Å². The molecule has 0 radical (unpaired) electrons. The number of carbonyl (C=O) groups excluding carboxylic acids is 1. The van der Waals surface area contributed by atoms with Gasteiger partial charge in [-0.1, -0.05) is 57.3 Å². The quantitative estimate of drug-likeness (QED) is 0.313. The number of ether oxygens (including phenoxy) is 3. The van der Waals surface area contributed by atoms with Crippen LogP contribution in [0.15, 0.2) is 36.4 Å². The van der Waals surface area contributed by atoms with E-state index >= 15 is 0 Å². The Morgan fingerprint density at radius 2 is 1.50 bits per heavy atom. The summed E-state index contributed by atoms with van der Waals surface area (Å²) < 4.78 is 23.2. The van der Waals surface area contributed by atoms with Gasteiger partial charge in [0.1, 0.15) is 6.10 Å². The average molecular weight is 499 g/mol. The summed E-state index contributed by atoms with van der Waals surface area (Å²) in [6.07, 6.45) is -0.0240. The minimum Gasteiger partial charge on any atom is -0.493 e. The second kappa shape index (κ2) is 10.0. The lowest BCUT2D eigenvalue weighted by Gasteiger charge is -2.38. The molecule has 0 bridgehead atoms. The van der Waals surface area contributed by atoms with Crippen LogP contribution in [0.2, 0.25) is 18.1 Å². The molecule has 0 saturated carbocycles. The maximum absolute atomic E-state index is 13.9. The minimum atomic E-state index is -2.17. The molecule has 1 unspecified atom stereocenters.